The number of hydrogen-bond donors (Lipinski definition) is 2. The maximum absolute atomic E-state index is 13.1. The van der Waals surface area contributed by atoms with E-state index in [4.69, 9.17) is 0 Å². The van der Waals surface area contributed by atoms with Crippen molar-refractivity contribution in [2.75, 3.05) is 16.6 Å². The number of benzene rings is 1. The second-order valence-corrected chi connectivity index (χ2v) is 6.94. The molecule has 112 valence electrons. The van der Waals surface area contributed by atoms with Crippen molar-refractivity contribution >= 4 is 44.0 Å². The molecule has 2 rings (SSSR count). The number of hydrogen-bond acceptors (Lipinski definition) is 4. The average Bonchev–Trinajstić information content (AvgIpc) is 2.43. The highest BCUT2D eigenvalue weighted by molar-refractivity contribution is 14.1. The van der Waals surface area contributed by atoms with Crippen LogP contribution in [0.5, 0.6) is 0 Å². The summed E-state index contributed by atoms with van der Waals surface area (Å²) in [6.45, 7) is 2.45. The third kappa shape index (κ3) is 3.82. The van der Waals surface area contributed by atoms with Gasteiger partial charge in [-0.3, -0.25) is 9.71 Å². The van der Waals surface area contributed by atoms with Gasteiger partial charge in [0.2, 0.25) is 0 Å². The molecule has 0 aliphatic carbocycles. The molecule has 0 amide bonds. The number of nitrogens with zero attached hydrogens (tertiary/aromatic N) is 1. The summed E-state index contributed by atoms with van der Waals surface area (Å²) in [7, 11) is -3.80. The molecule has 2 N–H and O–H groups in total. The number of aromatic nitrogens is 1. The van der Waals surface area contributed by atoms with Gasteiger partial charge in [0, 0.05) is 22.5 Å². The third-order valence-electron chi connectivity index (χ3n) is 2.62. The Bertz CT molecular complexity index is 753. The summed E-state index contributed by atoms with van der Waals surface area (Å²) in [6.07, 6.45) is 2.79. The van der Waals surface area contributed by atoms with Crippen LogP contribution in [0.2, 0.25) is 0 Å². The van der Waals surface area contributed by atoms with E-state index in [0.717, 1.165) is 0 Å². The fraction of sp³-hybridized carbons (Fsp3) is 0.154. The van der Waals surface area contributed by atoms with Crippen LogP contribution in [0, 0.1) is 9.39 Å². The fourth-order valence-corrected chi connectivity index (χ4v) is 3.70. The summed E-state index contributed by atoms with van der Waals surface area (Å²) in [5.41, 5.74) is 0.792. The number of nitrogens with one attached hydrogen (secondary N) is 2. The number of pyridine rings is 1. The molecule has 0 radical (unpaired) electrons. The summed E-state index contributed by atoms with van der Waals surface area (Å²) in [5, 5.41) is 2.97. The Hall–Kier alpha value is -1.42. The highest BCUT2D eigenvalue weighted by Crippen LogP contribution is 2.25. The molecule has 0 aliphatic heterocycles. The minimum absolute atomic E-state index is 0.0481. The van der Waals surface area contributed by atoms with Crippen molar-refractivity contribution in [3.05, 3.63) is 46.0 Å². The largest absolute Gasteiger partial charge is 0.384 e. The quantitative estimate of drug-likeness (QED) is 0.729. The number of rotatable bonds is 5. The van der Waals surface area contributed by atoms with Crippen LogP contribution in [-0.2, 0) is 10.0 Å². The standard InChI is InChI=1S/C13H13FIN3O2S/c1-2-17-12-5-6-16-8-13(12)21(19,20)18-11-4-3-9(14)7-10(11)15/h3-8,18H,2H2,1H3,(H,16,17). The van der Waals surface area contributed by atoms with Gasteiger partial charge in [0.15, 0.2) is 0 Å². The van der Waals surface area contributed by atoms with Crippen LogP contribution >= 0.6 is 22.6 Å². The third-order valence-corrected chi connectivity index (χ3v) is 4.90. The van der Waals surface area contributed by atoms with E-state index in [2.05, 4.69) is 15.0 Å². The van der Waals surface area contributed by atoms with E-state index in [1.54, 1.807) is 6.07 Å². The van der Waals surface area contributed by atoms with Gasteiger partial charge < -0.3 is 5.32 Å². The van der Waals surface area contributed by atoms with Crippen LogP contribution in [-0.4, -0.2) is 19.9 Å². The molecule has 21 heavy (non-hydrogen) atoms. The van der Waals surface area contributed by atoms with Crippen LogP contribution in [0.1, 0.15) is 6.92 Å². The maximum atomic E-state index is 13.1. The van der Waals surface area contributed by atoms with Crippen LogP contribution in [0.4, 0.5) is 15.8 Å². The van der Waals surface area contributed by atoms with E-state index >= 15 is 0 Å². The molecular formula is C13H13FIN3O2S. The molecule has 2 aromatic rings. The molecule has 1 heterocycles. The second-order valence-electron chi connectivity index (χ2n) is 4.13. The number of sulfonamides is 1. The number of anilines is 2. The van der Waals surface area contributed by atoms with E-state index in [-0.39, 0.29) is 4.90 Å². The minimum atomic E-state index is -3.80. The molecule has 5 nitrogen and oxygen atoms in total. The lowest BCUT2D eigenvalue weighted by atomic mass is 10.3. The molecule has 8 heteroatoms. The zero-order valence-corrected chi connectivity index (χ0v) is 14.1. The lowest BCUT2D eigenvalue weighted by Crippen LogP contribution is -2.16. The van der Waals surface area contributed by atoms with Crippen molar-refractivity contribution in [1.82, 2.24) is 4.98 Å². The van der Waals surface area contributed by atoms with Crippen LogP contribution in [0.3, 0.4) is 0 Å². The smallest absolute Gasteiger partial charge is 0.265 e. The first kappa shape index (κ1) is 16.0. The molecule has 0 aliphatic rings. The van der Waals surface area contributed by atoms with Crippen molar-refractivity contribution in [3.63, 3.8) is 0 Å². The Morgan fingerprint density at radius 2 is 2.05 bits per heavy atom. The van der Waals surface area contributed by atoms with Crippen molar-refractivity contribution in [2.24, 2.45) is 0 Å². The predicted octanol–water partition coefficient (Wildman–Crippen LogP) is 3.06. The van der Waals surface area contributed by atoms with Gasteiger partial charge in [-0.15, -0.1) is 0 Å². The van der Waals surface area contributed by atoms with Crippen molar-refractivity contribution in [2.45, 2.75) is 11.8 Å². The predicted molar refractivity (Wildman–Crippen MR) is 88.3 cm³/mol. The topological polar surface area (TPSA) is 71.1 Å². The lowest BCUT2D eigenvalue weighted by molar-refractivity contribution is 0.600. The average molecular weight is 421 g/mol. The fourth-order valence-electron chi connectivity index (χ4n) is 1.70. The van der Waals surface area contributed by atoms with Gasteiger partial charge in [0.05, 0.1) is 11.4 Å². The van der Waals surface area contributed by atoms with Gasteiger partial charge in [-0.25, -0.2) is 12.8 Å². The van der Waals surface area contributed by atoms with Gasteiger partial charge >= 0.3 is 0 Å². The lowest BCUT2D eigenvalue weighted by Gasteiger charge is -2.13. The zero-order valence-electron chi connectivity index (χ0n) is 11.1. The Morgan fingerprint density at radius 3 is 2.71 bits per heavy atom. The Morgan fingerprint density at radius 1 is 1.29 bits per heavy atom. The highest BCUT2D eigenvalue weighted by Gasteiger charge is 2.20. The summed E-state index contributed by atoms with van der Waals surface area (Å²) in [6, 6.07) is 5.44. The van der Waals surface area contributed by atoms with E-state index in [9.17, 15) is 12.8 Å². The first-order valence-electron chi connectivity index (χ1n) is 6.10. The molecule has 0 bridgehead atoms. The molecule has 0 saturated heterocycles. The molecule has 1 aromatic carbocycles. The molecule has 0 spiro atoms. The maximum Gasteiger partial charge on any atom is 0.265 e. The monoisotopic (exact) mass is 421 g/mol. The summed E-state index contributed by atoms with van der Waals surface area (Å²) in [5.74, 6) is -0.419. The normalized spacial score (nSPS) is 11.2. The Kier molecular flexibility index (Phi) is 4.99. The van der Waals surface area contributed by atoms with Crippen LogP contribution < -0.4 is 10.0 Å². The van der Waals surface area contributed by atoms with Crippen molar-refractivity contribution < 1.29 is 12.8 Å². The summed E-state index contributed by atoms with van der Waals surface area (Å²) in [4.78, 5) is 3.90. The van der Waals surface area contributed by atoms with Crippen molar-refractivity contribution in [1.29, 1.82) is 0 Å². The minimum Gasteiger partial charge on any atom is -0.384 e. The molecule has 1 aromatic heterocycles. The van der Waals surface area contributed by atoms with E-state index in [1.165, 1.54) is 30.6 Å². The molecule has 0 atom stereocenters. The summed E-state index contributed by atoms with van der Waals surface area (Å²) < 4.78 is 40.9. The highest BCUT2D eigenvalue weighted by atomic mass is 127. The van der Waals surface area contributed by atoms with Gasteiger partial charge in [-0.05, 0) is 53.8 Å². The summed E-state index contributed by atoms with van der Waals surface area (Å²) >= 11 is 1.87. The molecular weight excluding hydrogens is 408 g/mol. The second kappa shape index (κ2) is 6.56. The van der Waals surface area contributed by atoms with E-state index < -0.39 is 15.8 Å². The van der Waals surface area contributed by atoms with Crippen LogP contribution in [0.25, 0.3) is 0 Å². The Labute approximate surface area is 136 Å². The van der Waals surface area contributed by atoms with Gasteiger partial charge in [-0.2, -0.15) is 0 Å². The molecule has 0 fully saturated rings. The van der Waals surface area contributed by atoms with Crippen LogP contribution in [0.15, 0.2) is 41.6 Å². The van der Waals surface area contributed by atoms with Gasteiger partial charge in [-0.1, -0.05) is 0 Å². The Balaban J connectivity index is 2.39. The van der Waals surface area contributed by atoms with Crippen molar-refractivity contribution in [3.8, 4) is 0 Å². The van der Waals surface area contributed by atoms with E-state index in [1.807, 2.05) is 29.5 Å². The van der Waals surface area contributed by atoms with E-state index in [0.29, 0.717) is 21.5 Å². The first-order valence-corrected chi connectivity index (χ1v) is 8.66. The van der Waals surface area contributed by atoms with Gasteiger partial charge in [0.25, 0.3) is 10.0 Å². The molecule has 0 unspecified atom stereocenters. The zero-order chi connectivity index (χ0) is 15.5. The SMILES string of the molecule is CCNc1ccncc1S(=O)(=O)Nc1ccc(F)cc1I. The first-order chi connectivity index (χ1) is 9.94. The van der Waals surface area contributed by atoms with Gasteiger partial charge in [0.1, 0.15) is 10.7 Å². The molecule has 0 saturated carbocycles. The number of halogens is 2.